The molecule has 0 radical (unpaired) electrons. The summed E-state index contributed by atoms with van der Waals surface area (Å²) in [5.41, 5.74) is 13.1. The SMILES string of the molecule is Cc1ccc(C(c2c[nH]c3ccc(C(=O)N/N=C/c4cccc(O)c4)cc23)c2c[nH]c3ccc(C(=O)N/N=C/c4cccc(O)c4)cc23)cc1. The van der Waals surface area contributed by atoms with Crippen molar-refractivity contribution in [2.45, 2.75) is 12.8 Å². The number of carbonyl (C=O) groups excluding carboxylic acids is 2. The molecule has 0 saturated heterocycles. The average molecular weight is 661 g/mol. The van der Waals surface area contributed by atoms with Gasteiger partial charge in [-0.3, -0.25) is 9.59 Å². The van der Waals surface area contributed by atoms with Gasteiger partial charge in [-0.25, -0.2) is 10.9 Å². The molecule has 0 fully saturated rings. The zero-order valence-corrected chi connectivity index (χ0v) is 26.9. The lowest BCUT2D eigenvalue weighted by molar-refractivity contribution is 0.0947. The van der Waals surface area contributed by atoms with Gasteiger partial charge in [0.25, 0.3) is 11.8 Å². The molecule has 0 spiro atoms. The van der Waals surface area contributed by atoms with E-state index in [1.165, 1.54) is 12.4 Å². The second-order valence-corrected chi connectivity index (χ2v) is 11.9. The van der Waals surface area contributed by atoms with E-state index in [1.54, 1.807) is 60.7 Å². The van der Waals surface area contributed by atoms with Gasteiger partial charge in [0.2, 0.25) is 0 Å². The molecular weight excluding hydrogens is 628 g/mol. The van der Waals surface area contributed by atoms with Gasteiger partial charge in [0, 0.05) is 51.2 Å². The highest BCUT2D eigenvalue weighted by Crippen LogP contribution is 2.40. The van der Waals surface area contributed by atoms with E-state index in [1.807, 2.05) is 43.6 Å². The Bertz CT molecular complexity index is 2280. The first-order chi connectivity index (χ1) is 24.3. The lowest BCUT2D eigenvalue weighted by Crippen LogP contribution is -2.17. The Morgan fingerprint density at radius 1 is 0.640 bits per heavy atom. The van der Waals surface area contributed by atoms with E-state index < -0.39 is 0 Å². The summed E-state index contributed by atoms with van der Waals surface area (Å²) >= 11 is 0. The summed E-state index contributed by atoms with van der Waals surface area (Å²) in [6.45, 7) is 2.04. The predicted octanol–water partition coefficient (Wildman–Crippen LogP) is 7.08. The second kappa shape index (κ2) is 13.7. The van der Waals surface area contributed by atoms with Gasteiger partial charge >= 0.3 is 0 Å². The number of nitrogens with one attached hydrogen (secondary N) is 4. The van der Waals surface area contributed by atoms with E-state index in [0.717, 1.165) is 44.1 Å². The molecule has 0 aliphatic carbocycles. The molecule has 10 heteroatoms. The molecule has 0 bridgehead atoms. The molecule has 0 unspecified atom stereocenters. The van der Waals surface area contributed by atoms with Crippen LogP contribution in [0.3, 0.4) is 0 Å². The van der Waals surface area contributed by atoms with Crippen LogP contribution in [0.4, 0.5) is 0 Å². The maximum Gasteiger partial charge on any atom is 0.271 e. The summed E-state index contributed by atoms with van der Waals surface area (Å²) in [5.74, 6) is -0.797. The number of amides is 2. The van der Waals surface area contributed by atoms with Crippen LogP contribution >= 0.6 is 0 Å². The normalized spacial score (nSPS) is 11.6. The number of rotatable bonds is 9. The summed E-state index contributed by atoms with van der Waals surface area (Å²) < 4.78 is 0. The molecule has 0 saturated carbocycles. The number of aryl methyl sites for hydroxylation is 1. The van der Waals surface area contributed by atoms with E-state index in [9.17, 15) is 19.8 Å². The van der Waals surface area contributed by atoms with Crippen molar-refractivity contribution in [3.63, 3.8) is 0 Å². The average Bonchev–Trinajstić information content (AvgIpc) is 3.73. The van der Waals surface area contributed by atoms with Crippen molar-refractivity contribution in [3.05, 3.63) is 166 Å². The van der Waals surface area contributed by atoms with Crippen molar-refractivity contribution in [3.8, 4) is 11.5 Å². The Balaban J connectivity index is 1.22. The van der Waals surface area contributed by atoms with E-state index in [-0.39, 0.29) is 29.2 Å². The van der Waals surface area contributed by atoms with Crippen molar-refractivity contribution in [1.29, 1.82) is 0 Å². The first kappa shape index (κ1) is 31.6. The van der Waals surface area contributed by atoms with E-state index in [4.69, 9.17) is 0 Å². The molecule has 2 amide bonds. The van der Waals surface area contributed by atoms with Crippen LogP contribution in [-0.2, 0) is 0 Å². The van der Waals surface area contributed by atoms with Crippen LogP contribution < -0.4 is 10.9 Å². The van der Waals surface area contributed by atoms with E-state index in [2.05, 4.69) is 55.3 Å². The topological polar surface area (TPSA) is 155 Å². The molecule has 5 aromatic carbocycles. The Labute approximate surface area is 286 Å². The molecule has 7 rings (SSSR count). The summed E-state index contributed by atoms with van der Waals surface area (Å²) in [7, 11) is 0. The maximum atomic E-state index is 13.2. The zero-order valence-electron chi connectivity index (χ0n) is 26.9. The quantitative estimate of drug-likeness (QED) is 0.0723. The lowest BCUT2D eigenvalue weighted by Gasteiger charge is -2.18. The standard InChI is InChI=1S/C40H32N6O4/c1-24-8-10-27(11-9-24)38(34-22-41-36-14-12-28(18-32(34)36)39(49)45-43-20-25-4-2-6-30(47)16-25)35-23-42-37-15-13-29(19-33(35)37)40(50)46-44-21-26-5-3-7-31(48)17-26/h2-23,38,41-42,47-48H,1H3,(H,45,49)(H,46,50)/b43-20+,44-21+. The number of H-pyrrole nitrogens is 2. The molecule has 0 aliphatic rings. The number of hydrogen-bond donors (Lipinski definition) is 6. The van der Waals surface area contributed by atoms with Gasteiger partial charge in [0.1, 0.15) is 11.5 Å². The lowest BCUT2D eigenvalue weighted by atomic mass is 9.84. The molecule has 2 aromatic heterocycles. The van der Waals surface area contributed by atoms with Crippen molar-refractivity contribution in [2.24, 2.45) is 10.2 Å². The third kappa shape index (κ3) is 6.71. The largest absolute Gasteiger partial charge is 0.508 e. The molecule has 10 nitrogen and oxygen atoms in total. The van der Waals surface area contributed by atoms with E-state index in [0.29, 0.717) is 22.3 Å². The summed E-state index contributed by atoms with van der Waals surface area (Å²) in [4.78, 5) is 33.1. The second-order valence-electron chi connectivity index (χ2n) is 11.9. The maximum absolute atomic E-state index is 13.2. The van der Waals surface area contributed by atoms with Crippen LogP contribution in [0, 0.1) is 6.92 Å². The fraction of sp³-hybridized carbons (Fsp3) is 0.0500. The summed E-state index contributed by atoms with van der Waals surface area (Å²) in [6, 6.07) is 32.4. The molecule has 0 aliphatic heterocycles. The monoisotopic (exact) mass is 660 g/mol. The number of hydrogen-bond acceptors (Lipinski definition) is 6. The number of benzene rings is 5. The van der Waals surface area contributed by atoms with Crippen LogP contribution in [-0.4, -0.2) is 44.4 Å². The minimum absolute atomic E-state index is 0.110. The Kier molecular flexibility index (Phi) is 8.64. The van der Waals surface area contributed by atoms with Crippen molar-refractivity contribution >= 4 is 46.0 Å². The number of nitrogens with zero attached hydrogens (tertiary/aromatic N) is 2. The van der Waals surface area contributed by atoms with Crippen molar-refractivity contribution in [2.75, 3.05) is 0 Å². The highest BCUT2D eigenvalue weighted by molar-refractivity contribution is 6.01. The van der Waals surface area contributed by atoms with Gasteiger partial charge in [-0.2, -0.15) is 10.2 Å². The number of phenols is 2. The minimum Gasteiger partial charge on any atom is -0.508 e. The first-order valence-electron chi connectivity index (χ1n) is 15.9. The molecule has 6 N–H and O–H groups in total. The number of aromatic nitrogens is 2. The smallest absolute Gasteiger partial charge is 0.271 e. The number of aromatic amines is 2. The summed E-state index contributed by atoms with van der Waals surface area (Å²) in [5, 5.41) is 29.3. The number of phenolic OH excluding ortho intramolecular Hbond substituents is 2. The number of fused-ring (bicyclic) bond motifs is 2. The Hall–Kier alpha value is -6.94. The van der Waals surface area contributed by atoms with Gasteiger partial charge in [0.05, 0.1) is 12.4 Å². The number of aromatic hydroxyl groups is 2. The number of hydrazone groups is 2. The van der Waals surface area contributed by atoms with E-state index >= 15 is 0 Å². The minimum atomic E-state index is -0.378. The van der Waals surface area contributed by atoms with Crippen LogP contribution in [0.25, 0.3) is 21.8 Å². The van der Waals surface area contributed by atoms with Crippen molar-refractivity contribution in [1.82, 2.24) is 20.8 Å². The zero-order chi connectivity index (χ0) is 34.6. The van der Waals surface area contributed by atoms with Gasteiger partial charge < -0.3 is 20.2 Å². The van der Waals surface area contributed by atoms with Crippen LogP contribution in [0.2, 0.25) is 0 Å². The molecule has 7 aromatic rings. The first-order valence-corrected chi connectivity index (χ1v) is 15.9. The van der Waals surface area contributed by atoms with Gasteiger partial charge in [0.15, 0.2) is 0 Å². The fourth-order valence-corrected chi connectivity index (χ4v) is 6.00. The third-order valence-electron chi connectivity index (χ3n) is 8.48. The molecule has 50 heavy (non-hydrogen) atoms. The van der Waals surface area contributed by atoms with Gasteiger partial charge in [-0.05, 0) is 95.4 Å². The third-order valence-corrected chi connectivity index (χ3v) is 8.48. The highest BCUT2D eigenvalue weighted by Gasteiger charge is 2.24. The summed E-state index contributed by atoms with van der Waals surface area (Å²) in [6.07, 6.45) is 6.86. The Morgan fingerprint density at radius 3 is 1.58 bits per heavy atom. The number of carbonyl (C=O) groups is 2. The highest BCUT2D eigenvalue weighted by atomic mass is 16.3. The van der Waals surface area contributed by atoms with Crippen molar-refractivity contribution < 1.29 is 19.8 Å². The molecule has 246 valence electrons. The molecule has 2 heterocycles. The predicted molar refractivity (Wildman–Crippen MR) is 195 cm³/mol. The van der Waals surface area contributed by atoms with Gasteiger partial charge in [-0.1, -0.05) is 54.1 Å². The fourth-order valence-electron chi connectivity index (χ4n) is 6.00. The van der Waals surface area contributed by atoms with Crippen LogP contribution in [0.5, 0.6) is 11.5 Å². The van der Waals surface area contributed by atoms with Crippen LogP contribution in [0.15, 0.2) is 132 Å². The molecular formula is C40H32N6O4. The van der Waals surface area contributed by atoms with Gasteiger partial charge in [-0.15, -0.1) is 0 Å². The Morgan fingerprint density at radius 2 is 1.12 bits per heavy atom. The van der Waals surface area contributed by atoms with Crippen LogP contribution in [0.1, 0.15) is 60.0 Å². The molecule has 0 atom stereocenters.